The molecule has 0 bridgehead atoms. The van der Waals surface area contributed by atoms with E-state index in [0.717, 1.165) is 36.0 Å². The van der Waals surface area contributed by atoms with Gasteiger partial charge in [0.2, 0.25) is 0 Å². The topological polar surface area (TPSA) is 178 Å². The second-order valence-electron chi connectivity index (χ2n) is 24.5. The molecule has 1 amide bonds. The zero-order valence-corrected chi connectivity index (χ0v) is 43.9. The summed E-state index contributed by atoms with van der Waals surface area (Å²) in [6, 6.07) is 18.6. The molecule has 13 nitrogen and oxygen atoms in total. The van der Waals surface area contributed by atoms with E-state index >= 15 is 4.79 Å². The van der Waals surface area contributed by atoms with Crippen molar-refractivity contribution in [2.45, 2.75) is 171 Å². The zero-order valence-electron chi connectivity index (χ0n) is 43.9. The highest BCUT2D eigenvalue weighted by molar-refractivity contribution is 5.96. The van der Waals surface area contributed by atoms with E-state index in [-0.39, 0.29) is 47.6 Å². The van der Waals surface area contributed by atoms with E-state index in [1.54, 1.807) is 48.5 Å². The Morgan fingerprint density at radius 2 is 1.41 bits per heavy atom. The number of esters is 3. The molecule has 0 spiro atoms. The number of ether oxygens (including phenoxy) is 4. The van der Waals surface area contributed by atoms with Gasteiger partial charge in [0.05, 0.1) is 5.41 Å². The van der Waals surface area contributed by atoms with Crippen molar-refractivity contribution in [3.05, 3.63) is 106 Å². The molecule has 0 saturated heterocycles. The highest BCUT2D eigenvalue weighted by Crippen LogP contribution is 2.75. The minimum atomic E-state index is -1.48. The summed E-state index contributed by atoms with van der Waals surface area (Å²) < 4.78 is 34.8. The molecule has 384 valence electrons. The van der Waals surface area contributed by atoms with Gasteiger partial charge in [-0.15, -0.1) is 0 Å². The van der Waals surface area contributed by atoms with Crippen LogP contribution in [0, 0.1) is 63.1 Å². The number of allylic oxidation sites excluding steroid dienone is 2. The summed E-state index contributed by atoms with van der Waals surface area (Å²) in [4.78, 5) is 84.5. The number of benzene rings is 2. The van der Waals surface area contributed by atoms with E-state index in [1.807, 2.05) is 73.7 Å². The summed E-state index contributed by atoms with van der Waals surface area (Å²) in [5.74, 6) is -3.70. The Labute approximate surface area is 418 Å². The molecule has 5 aliphatic carbocycles. The van der Waals surface area contributed by atoms with Gasteiger partial charge in [-0.3, -0.25) is 14.4 Å². The third-order valence-corrected chi connectivity index (χ3v) is 18.6. The Bertz CT molecular complexity index is 2590. The molecule has 11 atom stereocenters. The van der Waals surface area contributed by atoms with Gasteiger partial charge in [-0.05, 0) is 156 Å². The number of hydrogen-bond donors (Lipinski definition) is 1. The van der Waals surface area contributed by atoms with Crippen molar-refractivity contribution < 1.29 is 51.8 Å². The largest absolute Gasteiger partial charge is 0.519 e. The predicted molar refractivity (Wildman–Crippen MR) is 264 cm³/mol. The Balaban J connectivity index is 1.11. The van der Waals surface area contributed by atoms with Crippen molar-refractivity contribution in [3.8, 4) is 0 Å². The van der Waals surface area contributed by atoms with Crippen molar-refractivity contribution in [2.24, 2.45) is 56.2 Å². The van der Waals surface area contributed by atoms with Gasteiger partial charge in [-0.25, -0.2) is 14.4 Å². The van der Waals surface area contributed by atoms with Crippen LogP contribution in [0.3, 0.4) is 0 Å². The molecule has 0 radical (unpaired) electrons. The summed E-state index contributed by atoms with van der Waals surface area (Å²) in [5, 5.41) is 2.69. The number of carbonyl (C=O) groups is 5. The van der Waals surface area contributed by atoms with Gasteiger partial charge < -0.3 is 33.1 Å². The molecule has 13 heteroatoms. The fraction of sp³-hybridized carbons (Fsp3) is 0.621. The van der Waals surface area contributed by atoms with Crippen molar-refractivity contribution in [1.82, 2.24) is 5.32 Å². The number of carbonyl (C=O) groups excluding carboxylic acids is 5. The highest BCUT2D eigenvalue weighted by atomic mass is 16.6. The van der Waals surface area contributed by atoms with Crippen molar-refractivity contribution in [3.63, 3.8) is 0 Å². The van der Waals surface area contributed by atoms with Gasteiger partial charge in [0, 0.05) is 5.92 Å². The van der Waals surface area contributed by atoms with Gasteiger partial charge in [0.25, 0.3) is 0 Å². The van der Waals surface area contributed by atoms with Crippen LogP contribution in [0.25, 0.3) is 0 Å². The summed E-state index contributed by atoms with van der Waals surface area (Å²) in [6.45, 7) is 22.8. The minimum absolute atomic E-state index is 0.0166. The lowest BCUT2D eigenvalue weighted by atomic mass is 9.33. The molecule has 3 aromatic rings. The Hall–Kier alpha value is -5.46. The average molecular weight is 978 g/mol. The molecule has 2 aromatic carbocycles. The molecule has 5 aliphatic rings. The van der Waals surface area contributed by atoms with Crippen LogP contribution in [0.5, 0.6) is 0 Å². The summed E-state index contributed by atoms with van der Waals surface area (Å²) >= 11 is 0. The van der Waals surface area contributed by atoms with Crippen LogP contribution in [0.1, 0.15) is 163 Å². The van der Waals surface area contributed by atoms with E-state index in [9.17, 15) is 24.0 Å². The predicted octanol–water partition coefficient (Wildman–Crippen LogP) is 11.3. The van der Waals surface area contributed by atoms with E-state index in [1.165, 1.54) is 0 Å². The zero-order chi connectivity index (χ0) is 51.7. The molecule has 0 aliphatic heterocycles. The van der Waals surface area contributed by atoms with E-state index < -0.39 is 92.5 Å². The summed E-state index contributed by atoms with van der Waals surface area (Å²) in [7, 11) is 0. The first-order valence-corrected chi connectivity index (χ1v) is 25.7. The van der Waals surface area contributed by atoms with Crippen LogP contribution in [0.4, 0.5) is 4.79 Å². The van der Waals surface area contributed by atoms with E-state index in [2.05, 4.69) is 33.0 Å². The third kappa shape index (κ3) is 9.10. The monoisotopic (exact) mass is 978 g/mol. The van der Waals surface area contributed by atoms with Gasteiger partial charge in [-0.2, -0.15) is 0 Å². The first kappa shape index (κ1) is 51.9. The standard InChI is InChI=1S/C58H75NO12/c1-34(2)44(59-50(64)71-52(4,5)6)47(61)69-43-24-25-55(9)42(58(43,12)49(63)66-33-41-35(3)67-51(65)68-41)23-26-57(11)46(55)40(60)31-38-39-32-54(8,28-27-53(39,7)29-30-56(38,57)10)48(62)70-45(36-19-15-13-16-20-36)37-21-17-14-18-22-37/h13-22,31,34,39,42-46H,23-30,32-33H2,1-12H3,(H,59,64)/t39-,42+,43-,44-,46+,53+,54-,55-,56+,57+,58-/m0/s1. The number of nitrogens with one attached hydrogen (secondary N) is 1. The Morgan fingerprint density at radius 3 is 1.99 bits per heavy atom. The van der Waals surface area contributed by atoms with E-state index in [0.29, 0.717) is 32.1 Å². The number of amides is 1. The molecule has 4 saturated carbocycles. The fourth-order valence-electron chi connectivity index (χ4n) is 14.3. The summed E-state index contributed by atoms with van der Waals surface area (Å²) in [5.41, 5.74) is -2.01. The van der Waals surface area contributed by atoms with Crippen LogP contribution in [0.15, 0.2) is 85.9 Å². The molecule has 8 rings (SSSR count). The number of hydrogen-bond acceptors (Lipinski definition) is 12. The Kier molecular flexibility index (Phi) is 13.6. The molecule has 1 aromatic heterocycles. The maximum Gasteiger partial charge on any atom is 0.519 e. The average Bonchev–Trinajstić information content (AvgIpc) is 3.63. The van der Waals surface area contributed by atoms with Crippen LogP contribution >= 0.6 is 0 Å². The van der Waals surface area contributed by atoms with Crippen molar-refractivity contribution in [1.29, 1.82) is 0 Å². The molecule has 0 unspecified atom stereocenters. The molecule has 1 heterocycles. The third-order valence-electron chi connectivity index (χ3n) is 18.6. The number of ketones is 1. The maximum absolute atomic E-state index is 15.5. The number of fused-ring (bicyclic) bond motifs is 7. The van der Waals surface area contributed by atoms with Crippen LogP contribution in [-0.4, -0.2) is 47.5 Å². The lowest BCUT2D eigenvalue weighted by Gasteiger charge is -2.70. The Morgan fingerprint density at radius 1 is 0.789 bits per heavy atom. The number of aryl methyl sites for hydroxylation is 1. The van der Waals surface area contributed by atoms with Crippen molar-refractivity contribution in [2.75, 3.05) is 0 Å². The second kappa shape index (κ2) is 18.5. The first-order chi connectivity index (χ1) is 33.2. The van der Waals surface area contributed by atoms with Gasteiger partial charge in [0.1, 0.15) is 23.2 Å². The van der Waals surface area contributed by atoms with Gasteiger partial charge in [0.15, 0.2) is 30.0 Å². The number of rotatable bonds is 11. The normalized spacial score (nSPS) is 33.8. The smallest absolute Gasteiger partial charge is 0.460 e. The lowest BCUT2D eigenvalue weighted by molar-refractivity contribution is -0.225. The van der Waals surface area contributed by atoms with Gasteiger partial charge in [-0.1, -0.05) is 108 Å². The molecular weight excluding hydrogens is 903 g/mol. The second-order valence-corrected chi connectivity index (χ2v) is 24.5. The quantitative estimate of drug-likeness (QED) is 0.142. The van der Waals surface area contributed by atoms with Crippen molar-refractivity contribution >= 4 is 29.8 Å². The lowest BCUT2D eigenvalue weighted by Crippen LogP contribution is -2.68. The molecule has 71 heavy (non-hydrogen) atoms. The molecule has 1 N–H and O–H groups in total. The molecular formula is C58H75NO12. The first-order valence-electron chi connectivity index (χ1n) is 25.7. The molecule has 4 fully saturated rings. The number of alkyl carbamates (subject to hydrolysis) is 1. The summed E-state index contributed by atoms with van der Waals surface area (Å²) in [6.07, 6.45) is 5.28. The SMILES string of the molecule is Cc1oc(=O)oc1COC(=O)[C@]1(C)[C@@H](OC(=O)[C@@H](NC(=O)OC(C)(C)C)C(C)C)CC[C@@]2(C)[C@H]1CC[C@]1(C)[C@@H]2C(=O)C=C2[C@@H]3C[C@@](C)(C(=O)OC(c4ccccc4)c4ccccc4)CC[C@]3(C)CC[C@]21C. The van der Waals surface area contributed by atoms with E-state index in [4.69, 9.17) is 27.8 Å². The van der Waals surface area contributed by atoms with Crippen LogP contribution in [-0.2, 0) is 44.7 Å². The highest BCUT2D eigenvalue weighted by Gasteiger charge is 2.72. The minimum Gasteiger partial charge on any atom is -0.460 e. The van der Waals surface area contributed by atoms with Crippen LogP contribution < -0.4 is 11.1 Å². The fourth-order valence-corrected chi connectivity index (χ4v) is 14.3. The maximum atomic E-state index is 15.5. The van der Waals surface area contributed by atoms with Crippen LogP contribution in [0.2, 0.25) is 0 Å². The van der Waals surface area contributed by atoms with Gasteiger partial charge >= 0.3 is 29.8 Å².